The monoisotopic (exact) mass is 371 g/mol. The highest BCUT2D eigenvalue weighted by molar-refractivity contribution is 7.09. The Balaban J connectivity index is 1.61. The lowest BCUT2D eigenvalue weighted by molar-refractivity contribution is -0.133. The summed E-state index contributed by atoms with van der Waals surface area (Å²) in [6.45, 7) is 2.94. The van der Waals surface area contributed by atoms with Crippen molar-refractivity contribution >= 4 is 23.0 Å². The average Bonchev–Trinajstić information content (AvgIpc) is 3.17. The molecular formula is C22H29NO2S. The predicted molar refractivity (Wildman–Crippen MR) is 111 cm³/mol. The number of hydrogen-bond acceptors (Lipinski definition) is 4. The lowest BCUT2D eigenvalue weighted by atomic mass is 10.1. The molecule has 1 aromatic heterocycles. The van der Waals surface area contributed by atoms with Crippen molar-refractivity contribution in [2.75, 3.05) is 0 Å². The standard InChI is InChI=1S/C22H29NO2S/c1-2-3-4-5-6-7-8-9-12-22(24)25-20-15-13-19(14-16-20)23-18-21-11-10-17-26-21/h9-13,15-17H,2-8,14,18H2,1H3. The van der Waals surface area contributed by atoms with Gasteiger partial charge in [-0.2, -0.15) is 0 Å². The van der Waals surface area contributed by atoms with Crippen LogP contribution in [-0.4, -0.2) is 11.7 Å². The van der Waals surface area contributed by atoms with Crippen molar-refractivity contribution < 1.29 is 9.53 Å². The van der Waals surface area contributed by atoms with Crippen molar-refractivity contribution in [3.8, 4) is 0 Å². The molecule has 3 nitrogen and oxygen atoms in total. The molecule has 0 aromatic carbocycles. The molecule has 2 rings (SSSR count). The molecule has 1 aliphatic rings. The number of rotatable bonds is 11. The van der Waals surface area contributed by atoms with Gasteiger partial charge in [0, 0.05) is 23.1 Å². The lowest BCUT2D eigenvalue weighted by Gasteiger charge is -2.08. The van der Waals surface area contributed by atoms with Crippen molar-refractivity contribution in [2.24, 2.45) is 4.99 Å². The number of carbonyl (C=O) groups excluding carboxylic acids is 1. The van der Waals surface area contributed by atoms with E-state index < -0.39 is 0 Å². The number of aliphatic imine (C=N–C) groups is 1. The van der Waals surface area contributed by atoms with E-state index in [1.54, 1.807) is 17.4 Å². The lowest BCUT2D eigenvalue weighted by Crippen LogP contribution is -2.04. The third-order valence-corrected chi connectivity index (χ3v) is 5.03. The van der Waals surface area contributed by atoms with E-state index >= 15 is 0 Å². The van der Waals surface area contributed by atoms with E-state index in [-0.39, 0.29) is 5.97 Å². The third-order valence-electron chi connectivity index (χ3n) is 4.17. The van der Waals surface area contributed by atoms with E-state index in [2.05, 4.69) is 23.4 Å². The summed E-state index contributed by atoms with van der Waals surface area (Å²) in [5, 5.41) is 2.06. The van der Waals surface area contributed by atoms with Crippen LogP contribution in [0.4, 0.5) is 0 Å². The van der Waals surface area contributed by atoms with Gasteiger partial charge in [0.2, 0.25) is 0 Å². The number of thiophene rings is 1. The van der Waals surface area contributed by atoms with Gasteiger partial charge in [-0.3, -0.25) is 4.99 Å². The molecule has 4 heteroatoms. The second-order valence-electron chi connectivity index (χ2n) is 6.41. The van der Waals surface area contributed by atoms with Crippen LogP contribution in [0.15, 0.2) is 58.6 Å². The fourth-order valence-corrected chi connectivity index (χ4v) is 3.29. The van der Waals surface area contributed by atoms with Gasteiger partial charge in [-0.1, -0.05) is 51.2 Å². The summed E-state index contributed by atoms with van der Waals surface area (Å²) in [5.41, 5.74) is 1.01. The number of allylic oxidation sites excluding steroid dienone is 4. The Morgan fingerprint density at radius 1 is 1.23 bits per heavy atom. The normalized spacial score (nSPS) is 15.6. The smallest absolute Gasteiger partial charge is 0.335 e. The minimum atomic E-state index is -0.300. The predicted octanol–water partition coefficient (Wildman–Crippen LogP) is 6.38. The van der Waals surface area contributed by atoms with Gasteiger partial charge >= 0.3 is 5.97 Å². The summed E-state index contributed by atoms with van der Waals surface area (Å²) >= 11 is 1.71. The molecule has 0 spiro atoms. The summed E-state index contributed by atoms with van der Waals surface area (Å²) < 4.78 is 5.35. The van der Waals surface area contributed by atoms with E-state index in [0.29, 0.717) is 18.7 Å². The van der Waals surface area contributed by atoms with Gasteiger partial charge in [-0.15, -0.1) is 11.3 Å². The second kappa shape index (κ2) is 12.4. The Morgan fingerprint density at radius 3 is 2.81 bits per heavy atom. The molecule has 0 atom stereocenters. The molecule has 0 aliphatic heterocycles. The van der Waals surface area contributed by atoms with Crippen LogP contribution in [0, 0.1) is 0 Å². The SMILES string of the molecule is CCCCCCCCC=CC(=O)OC1=CCC(=NCc2cccs2)C=C1. The number of nitrogens with zero attached hydrogens (tertiary/aromatic N) is 1. The van der Waals surface area contributed by atoms with E-state index in [1.807, 2.05) is 30.4 Å². The van der Waals surface area contributed by atoms with Crippen LogP contribution in [-0.2, 0) is 16.1 Å². The van der Waals surface area contributed by atoms with Crippen molar-refractivity contribution in [1.29, 1.82) is 0 Å². The maximum atomic E-state index is 11.8. The summed E-state index contributed by atoms with van der Waals surface area (Å²) in [7, 11) is 0. The first kappa shape index (κ1) is 20.4. The van der Waals surface area contributed by atoms with Crippen LogP contribution in [0.5, 0.6) is 0 Å². The van der Waals surface area contributed by atoms with Crippen molar-refractivity contribution in [2.45, 2.75) is 64.8 Å². The second-order valence-corrected chi connectivity index (χ2v) is 7.44. The van der Waals surface area contributed by atoms with Crippen molar-refractivity contribution in [3.05, 3.63) is 58.5 Å². The van der Waals surface area contributed by atoms with E-state index in [0.717, 1.165) is 18.6 Å². The number of unbranched alkanes of at least 4 members (excludes halogenated alkanes) is 6. The summed E-state index contributed by atoms with van der Waals surface area (Å²) in [4.78, 5) is 17.7. The van der Waals surface area contributed by atoms with Crippen LogP contribution in [0.25, 0.3) is 0 Å². The Morgan fingerprint density at radius 2 is 2.08 bits per heavy atom. The fourth-order valence-electron chi connectivity index (χ4n) is 2.67. The molecule has 0 amide bonds. The summed E-state index contributed by atoms with van der Waals surface area (Å²) in [5.74, 6) is 0.306. The largest absolute Gasteiger partial charge is 0.424 e. The van der Waals surface area contributed by atoms with Gasteiger partial charge in [0.1, 0.15) is 5.76 Å². The molecule has 0 fully saturated rings. The van der Waals surface area contributed by atoms with Crippen LogP contribution >= 0.6 is 11.3 Å². The van der Waals surface area contributed by atoms with Crippen LogP contribution < -0.4 is 0 Å². The summed E-state index contributed by atoms with van der Waals surface area (Å²) in [6.07, 6.45) is 18.3. The van der Waals surface area contributed by atoms with E-state index in [1.165, 1.54) is 37.0 Å². The zero-order valence-electron chi connectivity index (χ0n) is 15.7. The van der Waals surface area contributed by atoms with Crippen molar-refractivity contribution in [3.63, 3.8) is 0 Å². The van der Waals surface area contributed by atoms with Gasteiger partial charge in [0.05, 0.1) is 6.54 Å². The molecule has 0 saturated carbocycles. The van der Waals surface area contributed by atoms with Crippen molar-refractivity contribution in [1.82, 2.24) is 0 Å². The molecule has 1 aliphatic carbocycles. The maximum Gasteiger partial charge on any atom is 0.335 e. The fraction of sp³-hybridized carbons (Fsp3) is 0.455. The Bertz CT molecular complexity index is 654. The van der Waals surface area contributed by atoms with Gasteiger partial charge in [-0.25, -0.2) is 4.79 Å². The molecular weight excluding hydrogens is 342 g/mol. The first-order valence-electron chi connectivity index (χ1n) is 9.60. The van der Waals surface area contributed by atoms with Gasteiger partial charge in [-0.05, 0) is 42.5 Å². The van der Waals surface area contributed by atoms with E-state index in [4.69, 9.17) is 4.74 Å². The van der Waals surface area contributed by atoms with E-state index in [9.17, 15) is 4.79 Å². The first-order chi connectivity index (χ1) is 12.8. The molecule has 1 aromatic rings. The average molecular weight is 372 g/mol. The van der Waals surface area contributed by atoms with Gasteiger partial charge in [0.25, 0.3) is 0 Å². The Hall–Kier alpha value is -1.94. The maximum absolute atomic E-state index is 11.8. The molecule has 140 valence electrons. The Labute approximate surface area is 161 Å². The number of carbonyl (C=O) groups is 1. The van der Waals surface area contributed by atoms with Crippen LogP contribution in [0.2, 0.25) is 0 Å². The molecule has 0 unspecified atom stereocenters. The number of hydrogen-bond donors (Lipinski definition) is 0. The minimum absolute atomic E-state index is 0.300. The first-order valence-corrected chi connectivity index (χ1v) is 10.5. The Kier molecular flexibility index (Phi) is 9.73. The highest BCUT2D eigenvalue weighted by Crippen LogP contribution is 2.14. The number of esters is 1. The van der Waals surface area contributed by atoms with Crippen LogP contribution in [0.3, 0.4) is 0 Å². The molecule has 0 N–H and O–H groups in total. The molecule has 1 heterocycles. The third kappa shape index (κ3) is 8.43. The molecule has 0 bridgehead atoms. The van der Waals surface area contributed by atoms with Gasteiger partial charge < -0.3 is 4.74 Å². The minimum Gasteiger partial charge on any atom is -0.424 e. The van der Waals surface area contributed by atoms with Gasteiger partial charge in [0.15, 0.2) is 0 Å². The highest BCUT2D eigenvalue weighted by Gasteiger charge is 2.06. The molecule has 26 heavy (non-hydrogen) atoms. The summed E-state index contributed by atoms with van der Waals surface area (Å²) in [6, 6.07) is 4.12. The zero-order chi connectivity index (χ0) is 18.5. The highest BCUT2D eigenvalue weighted by atomic mass is 32.1. The quantitative estimate of drug-likeness (QED) is 0.257. The molecule has 0 saturated heterocycles. The topological polar surface area (TPSA) is 38.7 Å². The number of ether oxygens (including phenoxy) is 1. The zero-order valence-corrected chi connectivity index (χ0v) is 16.5. The molecule has 0 radical (unpaired) electrons. The van der Waals surface area contributed by atoms with Crippen LogP contribution in [0.1, 0.15) is 63.2 Å².